The lowest BCUT2D eigenvalue weighted by Crippen LogP contribution is -2.21. The van der Waals surface area contributed by atoms with Gasteiger partial charge in [-0.15, -0.1) is 0 Å². The molecular weight excluding hydrogens is 222 g/mol. The Morgan fingerprint density at radius 1 is 1.11 bits per heavy atom. The molecule has 0 amide bonds. The van der Waals surface area contributed by atoms with E-state index in [1.165, 1.54) is 12.0 Å². The van der Waals surface area contributed by atoms with Crippen LogP contribution in [-0.2, 0) is 0 Å². The molecule has 102 valence electrons. The summed E-state index contributed by atoms with van der Waals surface area (Å²) in [5.74, 6) is 2.29. The second-order valence-corrected chi connectivity index (χ2v) is 5.29. The Bertz CT molecular complexity index is 318. The number of hydrogen-bond donors (Lipinski definition) is 1. The van der Waals surface area contributed by atoms with Crippen molar-refractivity contribution >= 4 is 0 Å². The summed E-state index contributed by atoms with van der Waals surface area (Å²) in [6.45, 7) is 11.7. The summed E-state index contributed by atoms with van der Waals surface area (Å²) in [5, 5.41) is 3.49. The normalized spacial score (nSPS) is 12.7. The van der Waals surface area contributed by atoms with Gasteiger partial charge in [-0.3, -0.25) is 0 Å². The number of rotatable bonds is 8. The van der Waals surface area contributed by atoms with Crippen LogP contribution in [0.25, 0.3) is 0 Å². The minimum Gasteiger partial charge on any atom is -0.494 e. The van der Waals surface area contributed by atoms with E-state index in [0.29, 0.717) is 5.92 Å². The van der Waals surface area contributed by atoms with E-state index in [1.807, 2.05) is 6.92 Å². The van der Waals surface area contributed by atoms with Gasteiger partial charge in [0.2, 0.25) is 0 Å². The van der Waals surface area contributed by atoms with Gasteiger partial charge in [-0.1, -0.05) is 32.9 Å². The van der Waals surface area contributed by atoms with Crippen molar-refractivity contribution < 1.29 is 4.74 Å². The number of hydrogen-bond acceptors (Lipinski definition) is 2. The zero-order valence-electron chi connectivity index (χ0n) is 12.2. The van der Waals surface area contributed by atoms with E-state index in [4.69, 9.17) is 4.74 Å². The Balaban J connectivity index is 2.34. The van der Waals surface area contributed by atoms with Crippen LogP contribution in [0, 0.1) is 5.92 Å². The second-order valence-electron chi connectivity index (χ2n) is 5.29. The Labute approximate surface area is 112 Å². The van der Waals surface area contributed by atoms with Crippen molar-refractivity contribution in [3.05, 3.63) is 29.8 Å². The maximum Gasteiger partial charge on any atom is 0.119 e. The van der Waals surface area contributed by atoms with Gasteiger partial charge in [-0.05, 0) is 56.0 Å². The molecule has 0 spiro atoms. The molecule has 18 heavy (non-hydrogen) atoms. The molecule has 0 bridgehead atoms. The van der Waals surface area contributed by atoms with E-state index >= 15 is 0 Å². The SMILES string of the molecule is CCOc1ccc(C(C)CCNCC(C)C)cc1. The third-order valence-corrected chi connectivity index (χ3v) is 3.07. The van der Waals surface area contributed by atoms with Crippen LogP contribution >= 0.6 is 0 Å². The lowest BCUT2D eigenvalue weighted by atomic mass is 9.98. The van der Waals surface area contributed by atoms with Gasteiger partial charge >= 0.3 is 0 Å². The van der Waals surface area contributed by atoms with E-state index in [0.717, 1.165) is 31.4 Å². The Hall–Kier alpha value is -1.02. The average Bonchev–Trinajstić information content (AvgIpc) is 2.35. The first-order valence-electron chi connectivity index (χ1n) is 7.07. The molecule has 1 unspecified atom stereocenters. The first kappa shape index (κ1) is 15.0. The lowest BCUT2D eigenvalue weighted by Gasteiger charge is -2.14. The quantitative estimate of drug-likeness (QED) is 0.707. The summed E-state index contributed by atoms with van der Waals surface area (Å²) in [6.07, 6.45) is 1.18. The van der Waals surface area contributed by atoms with Crippen LogP contribution in [0.15, 0.2) is 24.3 Å². The van der Waals surface area contributed by atoms with Gasteiger partial charge in [-0.2, -0.15) is 0 Å². The minimum absolute atomic E-state index is 0.598. The molecule has 1 atom stereocenters. The standard InChI is InChI=1S/C16H27NO/c1-5-18-16-8-6-15(7-9-16)14(4)10-11-17-12-13(2)3/h6-9,13-14,17H,5,10-12H2,1-4H3. The summed E-state index contributed by atoms with van der Waals surface area (Å²) in [5.41, 5.74) is 1.39. The number of nitrogens with one attached hydrogen (secondary N) is 1. The van der Waals surface area contributed by atoms with Gasteiger partial charge in [-0.25, -0.2) is 0 Å². The molecule has 0 heterocycles. The van der Waals surface area contributed by atoms with Gasteiger partial charge in [0, 0.05) is 0 Å². The molecule has 0 aromatic heterocycles. The zero-order chi connectivity index (χ0) is 13.4. The van der Waals surface area contributed by atoms with E-state index in [2.05, 4.69) is 50.4 Å². The highest BCUT2D eigenvalue weighted by atomic mass is 16.5. The van der Waals surface area contributed by atoms with Gasteiger partial charge in [0.15, 0.2) is 0 Å². The van der Waals surface area contributed by atoms with Crippen molar-refractivity contribution in [2.75, 3.05) is 19.7 Å². The minimum atomic E-state index is 0.598. The van der Waals surface area contributed by atoms with Gasteiger partial charge in [0.05, 0.1) is 6.61 Å². The molecule has 0 saturated carbocycles. The molecular formula is C16H27NO. The van der Waals surface area contributed by atoms with Crippen molar-refractivity contribution in [3.63, 3.8) is 0 Å². The largest absolute Gasteiger partial charge is 0.494 e. The lowest BCUT2D eigenvalue weighted by molar-refractivity contribution is 0.340. The third kappa shape index (κ3) is 5.54. The Morgan fingerprint density at radius 2 is 1.78 bits per heavy atom. The molecule has 0 radical (unpaired) electrons. The highest BCUT2D eigenvalue weighted by molar-refractivity contribution is 5.29. The van der Waals surface area contributed by atoms with Crippen LogP contribution in [-0.4, -0.2) is 19.7 Å². The molecule has 0 fully saturated rings. The molecule has 0 saturated heterocycles. The maximum atomic E-state index is 5.45. The van der Waals surface area contributed by atoms with Crippen molar-refractivity contribution in [2.24, 2.45) is 5.92 Å². The molecule has 0 aliphatic heterocycles. The Morgan fingerprint density at radius 3 is 2.33 bits per heavy atom. The summed E-state index contributed by atoms with van der Waals surface area (Å²) in [4.78, 5) is 0. The van der Waals surface area contributed by atoms with Crippen molar-refractivity contribution in [3.8, 4) is 5.75 Å². The molecule has 0 aliphatic rings. The highest BCUT2D eigenvalue weighted by Gasteiger charge is 2.05. The van der Waals surface area contributed by atoms with Crippen molar-refractivity contribution in [1.29, 1.82) is 0 Å². The van der Waals surface area contributed by atoms with E-state index < -0.39 is 0 Å². The summed E-state index contributed by atoms with van der Waals surface area (Å²) < 4.78 is 5.45. The molecule has 0 aliphatic carbocycles. The average molecular weight is 249 g/mol. The molecule has 1 aromatic rings. The van der Waals surface area contributed by atoms with E-state index in [1.54, 1.807) is 0 Å². The first-order chi connectivity index (χ1) is 8.63. The predicted molar refractivity (Wildman–Crippen MR) is 78.4 cm³/mol. The zero-order valence-corrected chi connectivity index (χ0v) is 12.2. The molecule has 2 nitrogen and oxygen atoms in total. The molecule has 1 rings (SSSR count). The van der Waals surface area contributed by atoms with Crippen LogP contribution in [0.1, 0.15) is 45.6 Å². The molecule has 2 heteroatoms. The highest BCUT2D eigenvalue weighted by Crippen LogP contribution is 2.21. The topological polar surface area (TPSA) is 21.3 Å². The number of ether oxygens (including phenoxy) is 1. The summed E-state index contributed by atoms with van der Waals surface area (Å²) >= 11 is 0. The van der Waals surface area contributed by atoms with E-state index in [-0.39, 0.29) is 0 Å². The van der Waals surface area contributed by atoms with Gasteiger partial charge in [0.25, 0.3) is 0 Å². The fourth-order valence-electron chi connectivity index (χ4n) is 1.94. The summed E-state index contributed by atoms with van der Waals surface area (Å²) in [6, 6.07) is 8.49. The van der Waals surface area contributed by atoms with Crippen LogP contribution in [0.3, 0.4) is 0 Å². The van der Waals surface area contributed by atoms with E-state index in [9.17, 15) is 0 Å². The second kappa shape index (κ2) is 8.15. The van der Waals surface area contributed by atoms with Crippen LogP contribution in [0.5, 0.6) is 5.75 Å². The monoisotopic (exact) mass is 249 g/mol. The predicted octanol–water partition coefficient (Wildman–Crippen LogP) is 3.82. The van der Waals surface area contributed by atoms with Gasteiger partial charge < -0.3 is 10.1 Å². The van der Waals surface area contributed by atoms with Crippen molar-refractivity contribution in [1.82, 2.24) is 5.32 Å². The van der Waals surface area contributed by atoms with Crippen LogP contribution < -0.4 is 10.1 Å². The first-order valence-corrected chi connectivity index (χ1v) is 7.07. The van der Waals surface area contributed by atoms with Crippen LogP contribution in [0.2, 0.25) is 0 Å². The van der Waals surface area contributed by atoms with Crippen LogP contribution in [0.4, 0.5) is 0 Å². The fraction of sp³-hybridized carbons (Fsp3) is 0.625. The maximum absolute atomic E-state index is 5.45. The number of benzene rings is 1. The molecule has 1 aromatic carbocycles. The summed E-state index contributed by atoms with van der Waals surface area (Å²) in [7, 11) is 0. The smallest absolute Gasteiger partial charge is 0.119 e. The fourth-order valence-corrected chi connectivity index (χ4v) is 1.94. The third-order valence-electron chi connectivity index (χ3n) is 3.07. The Kier molecular flexibility index (Phi) is 6.81. The van der Waals surface area contributed by atoms with Crippen molar-refractivity contribution in [2.45, 2.75) is 40.0 Å². The van der Waals surface area contributed by atoms with Gasteiger partial charge in [0.1, 0.15) is 5.75 Å². The molecule has 1 N–H and O–H groups in total.